The number of hydrogen-bond acceptors (Lipinski definition) is 6. The maximum absolute atomic E-state index is 13.5. The fraction of sp³-hybridized carbons (Fsp3) is 0.167. The van der Waals surface area contributed by atoms with Crippen molar-refractivity contribution >= 4 is 5.97 Å². The SMILES string of the molecule is CCOC(=O)c1cc(-c2ccc(C(F)(F)F)nc2)nn(-c2cncc(F)c2)c1=O. The molecule has 150 valence electrons. The highest BCUT2D eigenvalue weighted by Crippen LogP contribution is 2.28. The summed E-state index contributed by atoms with van der Waals surface area (Å²) < 4.78 is 57.3. The van der Waals surface area contributed by atoms with Gasteiger partial charge in [-0.05, 0) is 25.1 Å². The first-order chi connectivity index (χ1) is 13.7. The van der Waals surface area contributed by atoms with Crippen LogP contribution in [0, 0.1) is 5.82 Å². The van der Waals surface area contributed by atoms with Crippen LogP contribution in [0.2, 0.25) is 0 Å². The Morgan fingerprint density at radius 2 is 1.93 bits per heavy atom. The molecule has 0 N–H and O–H groups in total. The van der Waals surface area contributed by atoms with Crippen LogP contribution in [0.15, 0.2) is 47.7 Å². The Balaban J connectivity index is 2.19. The highest BCUT2D eigenvalue weighted by molar-refractivity contribution is 5.90. The molecule has 3 aromatic rings. The van der Waals surface area contributed by atoms with E-state index in [1.54, 1.807) is 0 Å². The minimum Gasteiger partial charge on any atom is -0.462 e. The molecule has 0 aliphatic rings. The smallest absolute Gasteiger partial charge is 0.433 e. The standard InChI is InChI=1S/C18H12F4N4O3/c1-2-29-17(28)13-6-14(10-3-4-15(24-7-10)18(20,21)22)25-26(16(13)27)12-5-11(19)8-23-9-12/h3-9H,2H2,1H3. The summed E-state index contributed by atoms with van der Waals surface area (Å²) in [7, 11) is 0. The Bertz CT molecular complexity index is 1110. The van der Waals surface area contributed by atoms with Crippen LogP contribution in [0.3, 0.4) is 0 Å². The molecule has 0 unspecified atom stereocenters. The van der Waals surface area contributed by atoms with Gasteiger partial charge in [0.15, 0.2) is 0 Å². The van der Waals surface area contributed by atoms with Gasteiger partial charge in [-0.25, -0.2) is 9.18 Å². The number of pyridine rings is 2. The van der Waals surface area contributed by atoms with Crippen molar-refractivity contribution < 1.29 is 27.1 Å². The van der Waals surface area contributed by atoms with Crippen LogP contribution in [-0.2, 0) is 10.9 Å². The van der Waals surface area contributed by atoms with Crippen LogP contribution in [0.1, 0.15) is 23.0 Å². The normalized spacial score (nSPS) is 11.3. The van der Waals surface area contributed by atoms with E-state index in [1.165, 1.54) is 6.92 Å². The molecule has 3 rings (SSSR count). The molecule has 0 aromatic carbocycles. The summed E-state index contributed by atoms with van der Waals surface area (Å²) in [5.41, 5.74) is -2.47. The molecule has 0 aliphatic heterocycles. The van der Waals surface area contributed by atoms with Crippen LogP contribution in [0.5, 0.6) is 0 Å². The van der Waals surface area contributed by atoms with E-state index < -0.39 is 34.8 Å². The maximum Gasteiger partial charge on any atom is 0.433 e. The maximum atomic E-state index is 13.5. The van der Waals surface area contributed by atoms with Gasteiger partial charge in [0.25, 0.3) is 5.56 Å². The Hall–Kier alpha value is -3.63. The zero-order valence-electron chi connectivity index (χ0n) is 14.8. The predicted molar refractivity (Wildman–Crippen MR) is 91.8 cm³/mol. The summed E-state index contributed by atoms with van der Waals surface area (Å²) in [4.78, 5) is 31.8. The molecule has 0 spiro atoms. The summed E-state index contributed by atoms with van der Waals surface area (Å²) in [6, 6.07) is 3.87. The molecular weight excluding hydrogens is 396 g/mol. The molecule has 0 aliphatic carbocycles. The quantitative estimate of drug-likeness (QED) is 0.487. The molecular formula is C18H12F4N4O3. The number of aromatic nitrogens is 4. The van der Waals surface area contributed by atoms with E-state index in [9.17, 15) is 27.2 Å². The van der Waals surface area contributed by atoms with Crippen LogP contribution in [0.4, 0.5) is 17.6 Å². The monoisotopic (exact) mass is 408 g/mol. The number of esters is 1. The zero-order valence-corrected chi connectivity index (χ0v) is 14.8. The molecule has 0 radical (unpaired) electrons. The largest absolute Gasteiger partial charge is 0.462 e. The number of nitrogens with zero attached hydrogens (tertiary/aromatic N) is 4. The third-order valence-electron chi connectivity index (χ3n) is 3.69. The first-order valence-corrected chi connectivity index (χ1v) is 8.16. The van der Waals surface area contributed by atoms with Gasteiger partial charge in [0, 0.05) is 17.8 Å². The minimum absolute atomic E-state index is 0.0146. The van der Waals surface area contributed by atoms with E-state index in [1.807, 2.05) is 0 Å². The molecule has 3 aromatic heterocycles. The first kappa shape index (κ1) is 20.1. The molecule has 11 heteroatoms. The van der Waals surface area contributed by atoms with E-state index in [0.29, 0.717) is 0 Å². The average Bonchev–Trinajstić information content (AvgIpc) is 2.68. The minimum atomic E-state index is -4.63. The summed E-state index contributed by atoms with van der Waals surface area (Å²) in [6.07, 6.45) is -1.68. The van der Waals surface area contributed by atoms with Crippen molar-refractivity contribution in [2.75, 3.05) is 6.61 Å². The van der Waals surface area contributed by atoms with Crippen molar-refractivity contribution in [2.24, 2.45) is 0 Å². The molecule has 0 saturated carbocycles. The van der Waals surface area contributed by atoms with Crippen molar-refractivity contribution in [2.45, 2.75) is 13.1 Å². The Kier molecular flexibility index (Phi) is 5.39. The highest BCUT2D eigenvalue weighted by atomic mass is 19.4. The number of halogens is 4. The van der Waals surface area contributed by atoms with E-state index in [2.05, 4.69) is 15.1 Å². The van der Waals surface area contributed by atoms with Crippen LogP contribution in [-0.4, -0.2) is 32.3 Å². The summed E-state index contributed by atoms with van der Waals surface area (Å²) in [5, 5.41) is 4.02. The molecule has 0 atom stereocenters. The second-order valence-corrected chi connectivity index (χ2v) is 5.67. The Morgan fingerprint density at radius 3 is 2.52 bits per heavy atom. The average molecular weight is 408 g/mol. The van der Waals surface area contributed by atoms with Gasteiger partial charge in [-0.1, -0.05) is 0 Å². The van der Waals surface area contributed by atoms with Crippen LogP contribution < -0.4 is 5.56 Å². The number of carbonyl (C=O) groups excluding carboxylic acids is 1. The van der Waals surface area contributed by atoms with Gasteiger partial charge in [0.2, 0.25) is 0 Å². The lowest BCUT2D eigenvalue weighted by Crippen LogP contribution is -2.29. The number of ether oxygens (including phenoxy) is 1. The first-order valence-electron chi connectivity index (χ1n) is 8.16. The van der Waals surface area contributed by atoms with Gasteiger partial charge in [-0.3, -0.25) is 14.8 Å². The van der Waals surface area contributed by atoms with E-state index in [0.717, 1.165) is 47.5 Å². The van der Waals surface area contributed by atoms with Gasteiger partial charge in [-0.15, -0.1) is 0 Å². The van der Waals surface area contributed by atoms with Crippen molar-refractivity contribution in [3.05, 3.63) is 70.3 Å². The third kappa shape index (κ3) is 4.28. The summed E-state index contributed by atoms with van der Waals surface area (Å²) in [5.74, 6) is -1.71. The van der Waals surface area contributed by atoms with Crippen molar-refractivity contribution in [3.63, 3.8) is 0 Å². The number of carbonyl (C=O) groups is 1. The highest BCUT2D eigenvalue weighted by Gasteiger charge is 2.32. The topological polar surface area (TPSA) is 87.0 Å². The summed E-state index contributed by atoms with van der Waals surface area (Å²) in [6.45, 7) is 1.52. The zero-order chi connectivity index (χ0) is 21.2. The molecule has 3 heterocycles. The second kappa shape index (κ2) is 7.78. The van der Waals surface area contributed by atoms with Gasteiger partial charge in [0.05, 0.1) is 30.4 Å². The molecule has 0 bridgehead atoms. The van der Waals surface area contributed by atoms with E-state index >= 15 is 0 Å². The van der Waals surface area contributed by atoms with E-state index in [-0.39, 0.29) is 23.6 Å². The number of alkyl halides is 3. The third-order valence-corrected chi connectivity index (χ3v) is 3.69. The van der Waals surface area contributed by atoms with Crippen molar-refractivity contribution in [1.82, 2.24) is 19.7 Å². The number of hydrogen-bond donors (Lipinski definition) is 0. The van der Waals surface area contributed by atoms with E-state index in [4.69, 9.17) is 4.74 Å². The summed E-state index contributed by atoms with van der Waals surface area (Å²) >= 11 is 0. The lowest BCUT2D eigenvalue weighted by atomic mass is 10.1. The predicted octanol–water partition coefficient (Wildman–Crippen LogP) is 3.02. The molecule has 0 amide bonds. The lowest BCUT2D eigenvalue weighted by molar-refractivity contribution is -0.141. The lowest BCUT2D eigenvalue weighted by Gasteiger charge is -2.11. The van der Waals surface area contributed by atoms with Crippen molar-refractivity contribution in [1.29, 1.82) is 0 Å². The fourth-order valence-electron chi connectivity index (χ4n) is 2.40. The molecule has 29 heavy (non-hydrogen) atoms. The second-order valence-electron chi connectivity index (χ2n) is 5.67. The van der Waals surface area contributed by atoms with Gasteiger partial charge in [0.1, 0.15) is 17.1 Å². The molecule has 0 fully saturated rings. The van der Waals surface area contributed by atoms with Gasteiger partial charge >= 0.3 is 12.1 Å². The van der Waals surface area contributed by atoms with Gasteiger partial charge < -0.3 is 4.74 Å². The fourth-order valence-corrected chi connectivity index (χ4v) is 2.40. The van der Waals surface area contributed by atoms with Gasteiger partial charge in [-0.2, -0.15) is 23.0 Å². The Labute approximate surface area is 160 Å². The molecule has 0 saturated heterocycles. The molecule has 7 nitrogen and oxygen atoms in total. The Morgan fingerprint density at radius 1 is 1.17 bits per heavy atom. The van der Waals surface area contributed by atoms with Crippen LogP contribution >= 0.6 is 0 Å². The number of rotatable bonds is 4. The van der Waals surface area contributed by atoms with Crippen molar-refractivity contribution in [3.8, 4) is 16.9 Å². The van der Waals surface area contributed by atoms with Crippen LogP contribution in [0.25, 0.3) is 16.9 Å².